The number of nitrogens with zero attached hydrogens (tertiary/aromatic N) is 1. The van der Waals surface area contributed by atoms with Crippen LogP contribution < -0.4 is 5.32 Å². The van der Waals surface area contributed by atoms with Crippen molar-refractivity contribution in [3.63, 3.8) is 0 Å². The number of anilines is 1. The van der Waals surface area contributed by atoms with Gasteiger partial charge in [0, 0.05) is 16.0 Å². The summed E-state index contributed by atoms with van der Waals surface area (Å²) in [7, 11) is 0. The first-order valence-corrected chi connectivity index (χ1v) is 10.1. The summed E-state index contributed by atoms with van der Waals surface area (Å²) < 4.78 is 0. The van der Waals surface area contributed by atoms with Gasteiger partial charge in [0.2, 0.25) is 0 Å². The van der Waals surface area contributed by atoms with Crippen LogP contribution in [0.25, 0.3) is 22.2 Å². The molecule has 0 radical (unpaired) electrons. The molecule has 1 aromatic heterocycles. The lowest BCUT2D eigenvalue weighted by molar-refractivity contribution is 0.102. The maximum atomic E-state index is 13.2. The molecule has 5 heteroatoms. The number of aromatic nitrogens is 1. The van der Waals surface area contributed by atoms with Crippen molar-refractivity contribution < 1.29 is 4.79 Å². The molecule has 1 amide bonds. The van der Waals surface area contributed by atoms with Crippen molar-refractivity contribution in [3.05, 3.63) is 94.0 Å². The zero-order chi connectivity index (χ0) is 20.4. The normalized spacial score (nSPS) is 10.9. The number of carbonyl (C=O) groups excluding carboxylic acids is 1. The predicted octanol–water partition coefficient (Wildman–Crippen LogP) is 7.02. The van der Waals surface area contributed by atoms with E-state index in [1.54, 1.807) is 18.2 Å². The minimum atomic E-state index is -0.243. The first-order valence-electron chi connectivity index (χ1n) is 9.30. The number of rotatable bonds is 4. The summed E-state index contributed by atoms with van der Waals surface area (Å²) in [6, 6.07) is 22.7. The highest BCUT2D eigenvalue weighted by atomic mass is 35.5. The molecule has 0 saturated carbocycles. The molecule has 3 aromatic carbocycles. The van der Waals surface area contributed by atoms with Gasteiger partial charge in [-0.05, 0) is 48.4 Å². The SMILES string of the molecule is CCc1ccc2nc(-c3ccccc3)cc(C(=O)Nc3ccc(Cl)cc3Cl)c2c1. The summed E-state index contributed by atoms with van der Waals surface area (Å²) in [5.74, 6) is -0.243. The molecule has 4 aromatic rings. The maximum Gasteiger partial charge on any atom is 0.256 e. The van der Waals surface area contributed by atoms with Gasteiger partial charge in [-0.15, -0.1) is 0 Å². The number of hydrogen-bond acceptors (Lipinski definition) is 2. The van der Waals surface area contributed by atoms with Crippen LogP contribution in [0, 0.1) is 0 Å². The topological polar surface area (TPSA) is 42.0 Å². The van der Waals surface area contributed by atoms with E-state index in [4.69, 9.17) is 28.2 Å². The van der Waals surface area contributed by atoms with E-state index in [1.807, 2.05) is 54.6 Å². The summed E-state index contributed by atoms with van der Waals surface area (Å²) in [5, 5.41) is 4.62. The average molecular weight is 421 g/mol. The van der Waals surface area contributed by atoms with Gasteiger partial charge in [0.1, 0.15) is 0 Å². The molecule has 144 valence electrons. The van der Waals surface area contributed by atoms with Gasteiger partial charge in [-0.25, -0.2) is 4.98 Å². The Kier molecular flexibility index (Phi) is 5.52. The van der Waals surface area contributed by atoms with Crippen LogP contribution >= 0.6 is 23.2 Å². The molecular weight excluding hydrogens is 403 g/mol. The molecule has 0 saturated heterocycles. The van der Waals surface area contributed by atoms with Crippen molar-refractivity contribution in [1.82, 2.24) is 4.98 Å². The van der Waals surface area contributed by atoms with Crippen LogP contribution in [-0.4, -0.2) is 10.9 Å². The van der Waals surface area contributed by atoms with E-state index >= 15 is 0 Å². The molecule has 3 nitrogen and oxygen atoms in total. The number of pyridine rings is 1. The van der Waals surface area contributed by atoms with Crippen molar-refractivity contribution >= 4 is 45.7 Å². The fourth-order valence-corrected chi connectivity index (χ4v) is 3.67. The molecule has 0 fully saturated rings. The van der Waals surface area contributed by atoms with E-state index in [1.165, 1.54) is 0 Å². The zero-order valence-corrected chi connectivity index (χ0v) is 17.3. The second-order valence-corrected chi connectivity index (χ2v) is 7.55. The average Bonchev–Trinajstić information content (AvgIpc) is 2.75. The largest absolute Gasteiger partial charge is 0.321 e. The highest BCUT2D eigenvalue weighted by Crippen LogP contribution is 2.29. The molecule has 1 heterocycles. The third-order valence-corrected chi connectivity index (χ3v) is 5.32. The van der Waals surface area contributed by atoms with Gasteiger partial charge in [-0.2, -0.15) is 0 Å². The Morgan fingerprint density at radius 2 is 1.76 bits per heavy atom. The molecule has 0 aliphatic carbocycles. The Hall–Kier alpha value is -2.88. The molecule has 0 aliphatic rings. The van der Waals surface area contributed by atoms with Gasteiger partial charge >= 0.3 is 0 Å². The highest BCUT2D eigenvalue weighted by molar-refractivity contribution is 6.37. The number of carbonyl (C=O) groups is 1. The Labute approximate surface area is 179 Å². The number of fused-ring (bicyclic) bond motifs is 1. The molecule has 29 heavy (non-hydrogen) atoms. The number of benzene rings is 3. The zero-order valence-electron chi connectivity index (χ0n) is 15.7. The number of hydrogen-bond donors (Lipinski definition) is 1. The lowest BCUT2D eigenvalue weighted by Crippen LogP contribution is -2.13. The number of aryl methyl sites for hydroxylation is 1. The molecule has 4 rings (SSSR count). The maximum absolute atomic E-state index is 13.2. The fourth-order valence-electron chi connectivity index (χ4n) is 3.22. The second-order valence-electron chi connectivity index (χ2n) is 6.70. The van der Waals surface area contributed by atoms with E-state index in [0.29, 0.717) is 21.3 Å². The van der Waals surface area contributed by atoms with Crippen molar-refractivity contribution in [3.8, 4) is 11.3 Å². The quantitative estimate of drug-likeness (QED) is 0.385. The predicted molar refractivity (Wildman–Crippen MR) is 121 cm³/mol. The summed E-state index contributed by atoms with van der Waals surface area (Å²) in [5.41, 5.74) is 4.68. The summed E-state index contributed by atoms with van der Waals surface area (Å²) in [6.07, 6.45) is 0.875. The Bertz CT molecular complexity index is 1210. The minimum absolute atomic E-state index is 0.243. The first-order chi connectivity index (χ1) is 14.0. The van der Waals surface area contributed by atoms with Crippen molar-refractivity contribution in [1.29, 1.82) is 0 Å². The van der Waals surface area contributed by atoms with E-state index in [2.05, 4.69) is 12.2 Å². The molecule has 0 atom stereocenters. The molecular formula is C24H18Cl2N2O. The smallest absolute Gasteiger partial charge is 0.256 e. The first kappa shape index (κ1) is 19.4. The van der Waals surface area contributed by atoms with E-state index in [9.17, 15) is 4.79 Å². The third kappa shape index (κ3) is 4.12. The van der Waals surface area contributed by atoms with Gasteiger partial charge in [0.05, 0.1) is 27.5 Å². The van der Waals surface area contributed by atoms with E-state index in [-0.39, 0.29) is 5.91 Å². The van der Waals surface area contributed by atoms with E-state index < -0.39 is 0 Å². The van der Waals surface area contributed by atoms with E-state index in [0.717, 1.165) is 34.1 Å². The van der Waals surface area contributed by atoms with Crippen molar-refractivity contribution in [2.75, 3.05) is 5.32 Å². The van der Waals surface area contributed by atoms with Crippen LogP contribution in [0.15, 0.2) is 72.8 Å². The minimum Gasteiger partial charge on any atom is -0.321 e. The van der Waals surface area contributed by atoms with Crippen LogP contribution in [0.5, 0.6) is 0 Å². The summed E-state index contributed by atoms with van der Waals surface area (Å²) in [6.45, 7) is 2.08. The Morgan fingerprint density at radius 3 is 2.48 bits per heavy atom. The standard InChI is InChI=1S/C24H18Cl2N2O/c1-2-15-8-10-21-18(12-15)19(14-23(27-21)16-6-4-3-5-7-16)24(29)28-22-11-9-17(25)13-20(22)26/h3-14H,2H2,1H3,(H,28,29). The van der Waals surface area contributed by atoms with Gasteiger partial charge in [-0.1, -0.05) is 66.5 Å². The molecule has 0 unspecified atom stereocenters. The Balaban J connectivity index is 1.84. The lowest BCUT2D eigenvalue weighted by atomic mass is 10.0. The van der Waals surface area contributed by atoms with Crippen molar-refractivity contribution in [2.45, 2.75) is 13.3 Å². The monoisotopic (exact) mass is 420 g/mol. The van der Waals surface area contributed by atoms with Crippen LogP contribution in [0.4, 0.5) is 5.69 Å². The highest BCUT2D eigenvalue weighted by Gasteiger charge is 2.16. The number of halogens is 2. The van der Waals surface area contributed by atoms with Crippen LogP contribution in [0.3, 0.4) is 0 Å². The van der Waals surface area contributed by atoms with Crippen LogP contribution in [-0.2, 0) is 6.42 Å². The fraction of sp³-hybridized carbons (Fsp3) is 0.0833. The third-order valence-electron chi connectivity index (χ3n) is 4.77. The molecule has 0 bridgehead atoms. The van der Waals surface area contributed by atoms with Crippen molar-refractivity contribution in [2.24, 2.45) is 0 Å². The van der Waals surface area contributed by atoms with Gasteiger partial charge in [-0.3, -0.25) is 4.79 Å². The van der Waals surface area contributed by atoms with Gasteiger partial charge < -0.3 is 5.32 Å². The van der Waals surface area contributed by atoms with Gasteiger partial charge in [0.15, 0.2) is 0 Å². The van der Waals surface area contributed by atoms with Gasteiger partial charge in [0.25, 0.3) is 5.91 Å². The second kappa shape index (κ2) is 8.24. The molecule has 0 spiro atoms. The number of nitrogens with one attached hydrogen (secondary N) is 1. The summed E-state index contributed by atoms with van der Waals surface area (Å²) in [4.78, 5) is 18.0. The van der Waals surface area contributed by atoms with Crippen LogP contribution in [0.2, 0.25) is 10.0 Å². The summed E-state index contributed by atoms with van der Waals surface area (Å²) >= 11 is 12.2. The Morgan fingerprint density at radius 1 is 0.966 bits per heavy atom. The lowest BCUT2D eigenvalue weighted by Gasteiger charge is -2.12. The molecule has 0 aliphatic heterocycles. The number of amides is 1. The van der Waals surface area contributed by atoms with Crippen LogP contribution in [0.1, 0.15) is 22.8 Å². The molecule has 1 N–H and O–H groups in total.